The van der Waals surface area contributed by atoms with Crippen LogP contribution < -0.4 is 10.6 Å². The maximum Gasteiger partial charge on any atom is 0.319 e. The predicted octanol–water partition coefficient (Wildman–Crippen LogP) is 2.05. The molecule has 1 fully saturated rings. The van der Waals surface area contributed by atoms with Gasteiger partial charge in [0.05, 0.1) is 0 Å². The van der Waals surface area contributed by atoms with Gasteiger partial charge in [0.15, 0.2) is 5.96 Å². The van der Waals surface area contributed by atoms with Gasteiger partial charge in [-0.3, -0.25) is 4.57 Å². The zero-order valence-corrected chi connectivity index (χ0v) is 13.5. The summed E-state index contributed by atoms with van der Waals surface area (Å²) in [5.41, 5.74) is 6.93. The number of nitrogens with zero attached hydrogens (tertiary/aromatic N) is 5. The zero-order valence-electron chi connectivity index (χ0n) is 13.5. The summed E-state index contributed by atoms with van der Waals surface area (Å²) in [6, 6.07) is 6.35. The minimum Gasteiger partial charge on any atom is -0.370 e. The van der Waals surface area contributed by atoms with Gasteiger partial charge in [-0.25, -0.2) is 14.4 Å². The molecular formula is C16H19F3N6. The van der Waals surface area contributed by atoms with Crippen LogP contribution in [0.4, 0.5) is 18.9 Å². The molecule has 2 heterocycles. The number of anilines is 1. The van der Waals surface area contributed by atoms with E-state index < -0.39 is 6.55 Å². The Kier molecular flexibility index (Phi) is 5.11. The van der Waals surface area contributed by atoms with Crippen molar-refractivity contribution in [1.29, 1.82) is 0 Å². The van der Waals surface area contributed by atoms with Gasteiger partial charge >= 0.3 is 6.55 Å². The van der Waals surface area contributed by atoms with Crippen molar-refractivity contribution < 1.29 is 13.2 Å². The maximum atomic E-state index is 13.0. The lowest BCUT2D eigenvalue weighted by atomic mass is 10.2. The minimum atomic E-state index is -2.65. The van der Waals surface area contributed by atoms with Crippen molar-refractivity contribution in [2.75, 3.05) is 31.1 Å². The third kappa shape index (κ3) is 4.04. The van der Waals surface area contributed by atoms with Crippen molar-refractivity contribution in [3.05, 3.63) is 48.3 Å². The van der Waals surface area contributed by atoms with Crippen LogP contribution in [0, 0.1) is 5.82 Å². The average Bonchev–Trinajstić information content (AvgIpc) is 3.09. The number of nitrogens with two attached hydrogens (primary N) is 1. The number of benzene rings is 1. The summed E-state index contributed by atoms with van der Waals surface area (Å²) >= 11 is 0. The molecule has 0 saturated carbocycles. The van der Waals surface area contributed by atoms with Crippen LogP contribution in [0.15, 0.2) is 41.7 Å². The fraction of sp³-hybridized carbons (Fsp3) is 0.375. The standard InChI is InChI=1S/C16H19F3N6/c17-12-1-3-13(4-2-12)23-7-9-24(10-8-23)16(20)22-11-14-21-5-6-25(14)15(18)19/h1-6,15H,7-11H2,(H2,20,22). The highest BCUT2D eigenvalue weighted by Gasteiger charge is 2.19. The molecule has 1 aliphatic rings. The van der Waals surface area contributed by atoms with Crippen LogP contribution in [-0.2, 0) is 6.54 Å². The largest absolute Gasteiger partial charge is 0.370 e. The van der Waals surface area contributed by atoms with E-state index in [2.05, 4.69) is 14.9 Å². The van der Waals surface area contributed by atoms with Gasteiger partial charge in [0.1, 0.15) is 18.2 Å². The first-order valence-corrected chi connectivity index (χ1v) is 7.90. The van der Waals surface area contributed by atoms with E-state index in [0.29, 0.717) is 32.1 Å². The van der Waals surface area contributed by atoms with Crippen LogP contribution in [0.5, 0.6) is 0 Å². The van der Waals surface area contributed by atoms with Crippen LogP contribution in [0.3, 0.4) is 0 Å². The van der Waals surface area contributed by atoms with Crippen molar-refractivity contribution in [3.63, 3.8) is 0 Å². The van der Waals surface area contributed by atoms with E-state index in [1.807, 2.05) is 4.90 Å². The van der Waals surface area contributed by atoms with Crippen LogP contribution in [0.1, 0.15) is 12.4 Å². The van der Waals surface area contributed by atoms with Gasteiger partial charge in [-0.2, -0.15) is 8.78 Å². The number of aliphatic imine (C=N–C) groups is 1. The first-order chi connectivity index (χ1) is 12.0. The first-order valence-electron chi connectivity index (χ1n) is 7.90. The van der Waals surface area contributed by atoms with Crippen molar-refractivity contribution in [1.82, 2.24) is 14.5 Å². The highest BCUT2D eigenvalue weighted by molar-refractivity contribution is 5.78. The summed E-state index contributed by atoms with van der Waals surface area (Å²) in [5.74, 6) is 0.214. The number of alkyl halides is 2. The van der Waals surface area contributed by atoms with Crippen LogP contribution in [-0.4, -0.2) is 46.6 Å². The minimum absolute atomic E-state index is 0.00134. The monoisotopic (exact) mass is 352 g/mol. The summed E-state index contributed by atoms with van der Waals surface area (Å²) in [6.45, 7) is 0.0853. The summed E-state index contributed by atoms with van der Waals surface area (Å²) in [4.78, 5) is 12.1. The number of hydrogen-bond acceptors (Lipinski definition) is 3. The van der Waals surface area contributed by atoms with Gasteiger partial charge in [-0.05, 0) is 24.3 Å². The number of rotatable bonds is 4. The second kappa shape index (κ2) is 7.45. The maximum absolute atomic E-state index is 13.0. The average molecular weight is 352 g/mol. The Bertz CT molecular complexity index is 720. The molecule has 3 rings (SSSR count). The van der Waals surface area contributed by atoms with E-state index in [0.717, 1.165) is 10.3 Å². The molecule has 0 unspecified atom stereocenters. The highest BCUT2D eigenvalue weighted by Crippen LogP contribution is 2.17. The number of hydrogen-bond donors (Lipinski definition) is 1. The molecule has 0 radical (unpaired) electrons. The molecule has 0 spiro atoms. The Morgan fingerprint density at radius 2 is 1.84 bits per heavy atom. The Hall–Kier alpha value is -2.71. The number of aromatic nitrogens is 2. The molecular weight excluding hydrogens is 333 g/mol. The third-order valence-corrected chi connectivity index (χ3v) is 4.14. The normalized spacial score (nSPS) is 15.9. The lowest BCUT2D eigenvalue weighted by Crippen LogP contribution is -2.51. The number of piperazine rings is 1. The Balaban J connectivity index is 1.56. The van der Waals surface area contributed by atoms with Crippen molar-refractivity contribution in [3.8, 4) is 0 Å². The lowest BCUT2D eigenvalue weighted by molar-refractivity contribution is 0.0671. The van der Waals surface area contributed by atoms with Gasteiger partial charge in [0.25, 0.3) is 0 Å². The number of imidazole rings is 1. The Morgan fingerprint density at radius 3 is 2.48 bits per heavy atom. The molecule has 2 N–H and O–H groups in total. The van der Waals surface area contributed by atoms with E-state index >= 15 is 0 Å². The van der Waals surface area contributed by atoms with Crippen molar-refractivity contribution in [2.24, 2.45) is 10.7 Å². The zero-order chi connectivity index (χ0) is 17.8. The SMILES string of the molecule is NC(=NCc1nccn1C(F)F)N1CCN(c2ccc(F)cc2)CC1. The van der Waals surface area contributed by atoms with Gasteiger partial charge in [-0.1, -0.05) is 0 Å². The molecule has 0 atom stereocenters. The fourth-order valence-electron chi connectivity index (χ4n) is 2.74. The molecule has 0 bridgehead atoms. The molecule has 1 aliphatic heterocycles. The van der Waals surface area contributed by atoms with E-state index in [1.54, 1.807) is 12.1 Å². The number of guanidine groups is 1. The highest BCUT2D eigenvalue weighted by atomic mass is 19.3. The summed E-state index contributed by atoms with van der Waals surface area (Å²) < 4.78 is 39.3. The van der Waals surface area contributed by atoms with E-state index in [4.69, 9.17) is 5.73 Å². The van der Waals surface area contributed by atoms with Crippen LogP contribution >= 0.6 is 0 Å². The molecule has 9 heteroatoms. The fourth-order valence-corrected chi connectivity index (χ4v) is 2.74. The Morgan fingerprint density at radius 1 is 1.16 bits per heavy atom. The quantitative estimate of drug-likeness (QED) is 0.676. The Labute approximate surface area is 143 Å². The van der Waals surface area contributed by atoms with Crippen LogP contribution in [0.25, 0.3) is 0 Å². The van der Waals surface area contributed by atoms with Crippen LogP contribution in [0.2, 0.25) is 0 Å². The summed E-state index contributed by atoms with van der Waals surface area (Å²) in [6.07, 6.45) is 2.53. The predicted molar refractivity (Wildman–Crippen MR) is 89.0 cm³/mol. The molecule has 134 valence electrons. The number of halogens is 3. The smallest absolute Gasteiger partial charge is 0.319 e. The molecule has 1 saturated heterocycles. The second-order valence-electron chi connectivity index (χ2n) is 5.65. The molecule has 1 aromatic heterocycles. The summed E-state index contributed by atoms with van der Waals surface area (Å²) in [5, 5.41) is 0. The molecule has 0 aliphatic carbocycles. The summed E-state index contributed by atoms with van der Waals surface area (Å²) in [7, 11) is 0. The van der Waals surface area contributed by atoms with E-state index in [9.17, 15) is 13.2 Å². The molecule has 6 nitrogen and oxygen atoms in total. The van der Waals surface area contributed by atoms with E-state index in [1.165, 1.54) is 24.5 Å². The van der Waals surface area contributed by atoms with Gasteiger partial charge in [0, 0.05) is 44.3 Å². The second-order valence-corrected chi connectivity index (χ2v) is 5.65. The van der Waals surface area contributed by atoms with Crippen molar-refractivity contribution >= 4 is 11.6 Å². The van der Waals surface area contributed by atoms with Gasteiger partial charge in [0.2, 0.25) is 0 Å². The molecule has 1 aromatic carbocycles. The van der Waals surface area contributed by atoms with Gasteiger partial charge < -0.3 is 15.5 Å². The lowest BCUT2D eigenvalue weighted by Gasteiger charge is -2.36. The molecule has 2 aromatic rings. The molecule has 25 heavy (non-hydrogen) atoms. The topological polar surface area (TPSA) is 62.7 Å². The van der Waals surface area contributed by atoms with E-state index in [-0.39, 0.29) is 18.2 Å². The van der Waals surface area contributed by atoms with Crippen molar-refractivity contribution in [2.45, 2.75) is 13.1 Å². The first kappa shape index (κ1) is 17.1. The molecule has 0 amide bonds. The third-order valence-electron chi connectivity index (χ3n) is 4.14. The van der Waals surface area contributed by atoms with Gasteiger partial charge in [-0.15, -0.1) is 0 Å².